The van der Waals surface area contributed by atoms with Gasteiger partial charge in [0, 0.05) is 13.2 Å². The summed E-state index contributed by atoms with van der Waals surface area (Å²) in [5.41, 5.74) is 0. The number of rotatable bonds is 16. The molecule has 0 rings (SSSR count). The molecule has 0 aliphatic carbocycles. The lowest BCUT2D eigenvalue weighted by Gasteiger charge is -2.29. The van der Waals surface area contributed by atoms with Crippen molar-refractivity contribution in [2.45, 2.75) is 104 Å². The van der Waals surface area contributed by atoms with E-state index in [0.717, 1.165) is 31.7 Å². The molecule has 0 bridgehead atoms. The first kappa shape index (κ1) is 22.1. The van der Waals surface area contributed by atoms with E-state index in [2.05, 4.69) is 34.6 Å². The van der Waals surface area contributed by atoms with Crippen LogP contribution in [-0.4, -0.2) is 21.8 Å². The molecule has 0 fully saturated rings. The summed E-state index contributed by atoms with van der Waals surface area (Å²) in [6.45, 7) is 13.0. The standard InChI is InChI=1S/C19H42O2Si/c1-6-9-10-11-12-13-14-15-17-20-22(7-2,8-3)21-18-16-19(4)5/h19H,6-18H2,1-5H3. The van der Waals surface area contributed by atoms with E-state index in [1.54, 1.807) is 0 Å². The summed E-state index contributed by atoms with van der Waals surface area (Å²) < 4.78 is 12.5. The summed E-state index contributed by atoms with van der Waals surface area (Å²) in [6.07, 6.45) is 12.0. The van der Waals surface area contributed by atoms with Crippen LogP contribution in [-0.2, 0) is 8.85 Å². The van der Waals surface area contributed by atoms with Crippen LogP contribution in [0.15, 0.2) is 0 Å². The van der Waals surface area contributed by atoms with Crippen LogP contribution in [0.2, 0.25) is 12.1 Å². The van der Waals surface area contributed by atoms with Gasteiger partial charge in [-0.25, -0.2) is 0 Å². The molecule has 134 valence electrons. The average molecular weight is 331 g/mol. The molecule has 22 heavy (non-hydrogen) atoms. The Morgan fingerprint density at radius 1 is 0.682 bits per heavy atom. The van der Waals surface area contributed by atoms with Crippen LogP contribution in [0, 0.1) is 5.92 Å². The zero-order valence-corrected chi connectivity index (χ0v) is 17.1. The van der Waals surface area contributed by atoms with Gasteiger partial charge in [-0.3, -0.25) is 0 Å². The lowest BCUT2D eigenvalue weighted by atomic mass is 10.1. The van der Waals surface area contributed by atoms with Crippen LogP contribution in [0.25, 0.3) is 0 Å². The number of hydrogen-bond acceptors (Lipinski definition) is 2. The van der Waals surface area contributed by atoms with Crippen molar-refractivity contribution in [1.29, 1.82) is 0 Å². The largest absolute Gasteiger partial charge is 0.394 e. The van der Waals surface area contributed by atoms with E-state index in [1.165, 1.54) is 51.4 Å². The monoisotopic (exact) mass is 330 g/mol. The third-order valence-corrected chi connectivity index (χ3v) is 8.12. The highest BCUT2D eigenvalue weighted by atomic mass is 28.4. The molecule has 0 N–H and O–H groups in total. The van der Waals surface area contributed by atoms with Crippen molar-refractivity contribution in [2.75, 3.05) is 13.2 Å². The molecule has 0 saturated carbocycles. The molecular formula is C19H42O2Si. The summed E-state index contributed by atoms with van der Waals surface area (Å²) in [6, 6.07) is 2.16. The molecule has 0 aromatic heterocycles. The molecule has 0 aromatic carbocycles. The first-order valence-electron chi connectivity index (χ1n) is 9.88. The Labute approximate surface area is 141 Å². The SMILES string of the molecule is CCCCCCCCCCO[Si](CC)(CC)OCCC(C)C. The zero-order valence-electron chi connectivity index (χ0n) is 16.1. The second-order valence-electron chi connectivity index (χ2n) is 6.97. The van der Waals surface area contributed by atoms with E-state index in [-0.39, 0.29) is 0 Å². The maximum absolute atomic E-state index is 6.27. The van der Waals surface area contributed by atoms with Gasteiger partial charge in [-0.15, -0.1) is 0 Å². The molecular weight excluding hydrogens is 288 g/mol. The van der Waals surface area contributed by atoms with E-state index >= 15 is 0 Å². The van der Waals surface area contributed by atoms with Crippen LogP contribution in [0.3, 0.4) is 0 Å². The normalized spacial score (nSPS) is 12.3. The Bertz CT molecular complexity index is 227. The third kappa shape index (κ3) is 11.7. The minimum Gasteiger partial charge on any atom is -0.394 e. The predicted octanol–water partition coefficient (Wildman–Crippen LogP) is 6.69. The highest BCUT2D eigenvalue weighted by Gasteiger charge is 2.33. The fourth-order valence-corrected chi connectivity index (χ4v) is 5.08. The molecule has 0 aromatic rings. The quantitative estimate of drug-likeness (QED) is 0.232. The Morgan fingerprint density at radius 3 is 1.68 bits per heavy atom. The minimum absolute atomic E-state index is 0.716. The highest BCUT2D eigenvalue weighted by Crippen LogP contribution is 2.20. The van der Waals surface area contributed by atoms with Gasteiger partial charge in [0.1, 0.15) is 0 Å². The third-order valence-electron chi connectivity index (χ3n) is 4.50. The topological polar surface area (TPSA) is 18.5 Å². The Balaban J connectivity index is 3.72. The first-order valence-corrected chi connectivity index (χ1v) is 12.1. The van der Waals surface area contributed by atoms with E-state index in [0.29, 0.717) is 5.92 Å². The Morgan fingerprint density at radius 2 is 1.18 bits per heavy atom. The van der Waals surface area contributed by atoms with Gasteiger partial charge in [-0.1, -0.05) is 79.6 Å². The first-order chi connectivity index (χ1) is 10.6. The van der Waals surface area contributed by atoms with Crippen molar-refractivity contribution >= 4 is 8.56 Å². The van der Waals surface area contributed by atoms with Gasteiger partial charge in [-0.2, -0.15) is 0 Å². The smallest absolute Gasteiger partial charge is 0.337 e. The van der Waals surface area contributed by atoms with Crippen LogP contribution in [0.1, 0.15) is 92.4 Å². The molecule has 0 unspecified atom stereocenters. The lowest BCUT2D eigenvalue weighted by molar-refractivity contribution is 0.159. The summed E-state index contributed by atoms with van der Waals surface area (Å²) in [7, 11) is -1.90. The maximum atomic E-state index is 6.27. The molecule has 0 saturated heterocycles. The molecule has 0 amide bonds. The fourth-order valence-electron chi connectivity index (χ4n) is 2.67. The summed E-state index contributed by atoms with van der Waals surface area (Å²) in [4.78, 5) is 0. The van der Waals surface area contributed by atoms with Crippen molar-refractivity contribution in [2.24, 2.45) is 5.92 Å². The molecule has 0 atom stereocenters. The van der Waals surface area contributed by atoms with E-state index in [9.17, 15) is 0 Å². The van der Waals surface area contributed by atoms with Crippen molar-refractivity contribution in [1.82, 2.24) is 0 Å². The van der Waals surface area contributed by atoms with Gasteiger partial charge < -0.3 is 8.85 Å². The molecule has 3 heteroatoms. The molecule has 0 aliphatic heterocycles. The number of unbranched alkanes of at least 4 members (excludes halogenated alkanes) is 7. The van der Waals surface area contributed by atoms with Crippen molar-refractivity contribution < 1.29 is 8.85 Å². The molecule has 0 heterocycles. The molecule has 2 nitrogen and oxygen atoms in total. The summed E-state index contributed by atoms with van der Waals surface area (Å²) >= 11 is 0. The van der Waals surface area contributed by atoms with Gasteiger partial charge in [0.05, 0.1) is 0 Å². The van der Waals surface area contributed by atoms with Crippen LogP contribution in [0.4, 0.5) is 0 Å². The van der Waals surface area contributed by atoms with Gasteiger partial charge in [0.2, 0.25) is 0 Å². The van der Waals surface area contributed by atoms with Crippen LogP contribution in [0.5, 0.6) is 0 Å². The molecule has 0 radical (unpaired) electrons. The maximum Gasteiger partial charge on any atom is 0.337 e. The van der Waals surface area contributed by atoms with Gasteiger partial charge >= 0.3 is 8.56 Å². The summed E-state index contributed by atoms with van der Waals surface area (Å²) in [5, 5.41) is 0. The van der Waals surface area contributed by atoms with Crippen molar-refractivity contribution in [3.05, 3.63) is 0 Å². The van der Waals surface area contributed by atoms with E-state index in [1.807, 2.05) is 0 Å². The van der Waals surface area contributed by atoms with Gasteiger partial charge in [-0.05, 0) is 30.8 Å². The minimum atomic E-state index is -1.90. The average Bonchev–Trinajstić information content (AvgIpc) is 2.51. The zero-order chi connectivity index (χ0) is 16.7. The molecule has 0 spiro atoms. The van der Waals surface area contributed by atoms with Crippen molar-refractivity contribution in [3.63, 3.8) is 0 Å². The fraction of sp³-hybridized carbons (Fsp3) is 1.00. The van der Waals surface area contributed by atoms with E-state index < -0.39 is 8.56 Å². The second kappa shape index (κ2) is 14.7. The Kier molecular flexibility index (Phi) is 14.8. The van der Waals surface area contributed by atoms with E-state index in [4.69, 9.17) is 8.85 Å². The molecule has 0 aliphatic rings. The summed E-state index contributed by atoms with van der Waals surface area (Å²) in [5.74, 6) is 0.716. The van der Waals surface area contributed by atoms with Crippen LogP contribution < -0.4 is 0 Å². The lowest BCUT2D eigenvalue weighted by Crippen LogP contribution is -2.41. The van der Waals surface area contributed by atoms with Gasteiger partial charge in [0.15, 0.2) is 0 Å². The van der Waals surface area contributed by atoms with Crippen molar-refractivity contribution in [3.8, 4) is 0 Å². The highest BCUT2D eigenvalue weighted by molar-refractivity contribution is 6.67. The van der Waals surface area contributed by atoms with Crippen LogP contribution >= 0.6 is 0 Å². The second-order valence-corrected chi connectivity index (χ2v) is 10.8. The Hall–Kier alpha value is 0.137. The number of hydrogen-bond donors (Lipinski definition) is 0. The van der Waals surface area contributed by atoms with Gasteiger partial charge in [0.25, 0.3) is 0 Å². The predicted molar refractivity (Wildman–Crippen MR) is 101 cm³/mol.